The van der Waals surface area contributed by atoms with E-state index < -0.39 is 0 Å². The van der Waals surface area contributed by atoms with E-state index in [9.17, 15) is 4.79 Å². The minimum atomic E-state index is -0.324. The molecule has 3 rings (SSSR count). The number of aryl methyl sites for hydroxylation is 1. The highest BCUT2D eigenvalue weighted by molar-refractivity contribution is 6.30. The standard InChI is InChI=1S/C17H14ClN3O3/c1-10-9-13(23-2)7-8-14(10)15-16(21-24-20-15)19-17(22)11-3-5-12(18)6-4-11/h3-9H,1-2H3,(H,19,21,22). The summed E-state index contributed by atoms with van der Waals surface area (Å²) in [5.74, 6) is 0.664. The van der Waals surface area contributed by atoms with Gasteiger partial charge in [-0.1, -0.05) is 11.6 Å². The van der Waals surface area contributed by atoms with E-state index in [1.54, 1.807) is 31.4 Å². The number of amides is 1. The fourth-order valence-electron chi connectivity index (χ4n) is 2.26. The zero-order chi connectivity index (χ0) is 17.1. The van der Waals surface area contributed by atoms with Crippen LogP contribution in [0.15, 0.2) is 47.1 Å². The van der Waals surface area contributed by atoms with Gasteiger partial charge in [0.1, 0.15) is 5.75 Å². The average Bonchev–Trinajstić information content (AvgIpc) is 3.03. The van der Waals surface area contributed by atoms with Crippen molar-refractivity contribution in [1.82, 2.24) is 10.3 Å². The van der Waals surface area contributed by atoms with Crippen molar-refractivity contribution < 1.29 is 14.2 Å². The van der Waals surface area contributed by atoms with Crippen molar-refractivity contribution in [3.8, 4) is 17.0 Å². The second-order valence-corrected chi connectivity index (χ2v) is 5.54. The van der Waals surface area contributed by atoms with Gasteiger partial charge < -0.3 is 10.1 Å². The van der Waals surface area contributed by atoms with Gasteiger partial charge in [-0.05, 0) is 65.3 Å². The maximum Gasteiger partial charge on any atom is 0.256 e. The molecule has 1 aromatic heterocycles. The molecule has 0 saturated carbocycles. The predicted molar refractivity (Wildman–Crippen MR) is 90.4 cm³/mol. The van der Waals surface area contributed by atoms with Gasteiger partial charge in [0.2, 0.25) is 5.82 Å². The number of aromatic nitrogens is 2. The first-order chi connectivity index (χ1) is 11.6. The van der Waals surface area contributed by atoms with E-state index in [2.05, 4.69) is 15.6 Å². The number of hydrogen-bond acceptors (Lipinski definition) is 5. The van der Waals surface area contributed by atoms with Crippen molar-refractivity contribution in [2.24, 2.45) is 0 Å². The molecule has 3 aromatic rings. The van der Waals surface area contributed by atoms with Crippen LogP contribution in [-0.2, 0) is 0 Å². The van der Waals surface area contributed by atoms with Crippen molar-refractivity contribution in [2.75, 3.05) is 12.4 Å². The monoisotopic (exact) mass is 343 g/mol. The lowest BCUT2D eigenvalue weighted by Crippen LogP contribution is -2.12. The summed E-state index contributed by atoms with van der Waals surface area (Å²) in [5, 5.41) is 10.9. The maximum atomic E-state index is 12.3. The van der Waals surface area contributed by atoms with Crippen LogP contribution in [0.4, 0.5) is 5.82 Å². The van der Waals surface area contributed by atoms with Crippen LogP contribution >= 0.6 is 11.6 Å². The molecule has 6 nitrogen and oxygen atoms in total. The summed E-state index contributed by atoms with van der Waals surface area (Å²) in [5.41, 5.74) is 2.63. The smallest absolute Gasteiger partial charge is 0.256 e. The van der Waals surface area contributed by atoms with E-state index in [0.29, 0.717) is 16.3 Å². The number of nitrogens with zero attached hydrogens (tertiary/aromatic N) is 2. The third-order valence-electron chi connectivity index (χ3n) is 3.52. The summed E-state index contributed by atoms with van der Waals surface area (Å²) in [4.78, 5) is 12.3. The van der Waals surface area contributed by atoms with Crippen LogP contribution in [0.2, 0.25) is 5.02 Å². The van der Waals surface area contributed by atoms with Gasteiger partial charge in [0.15, 0.2) is 5.69 Å². The van der Waals surface area contributed by atoms with E-state index >= 15 is 0 Å². The molecule has 0 aliphatic rings. The van der Waals surface area contributed by atoms with Gasteiger partial charge in [0.25, 0.3) is 5.91 Å². The first-order valence-corrected chi connectivity index (χ1v) is 7.51. The first-order valence-electron chi connectivity index (χ1n) is 7.13. The highest BCUT2D eigenvalue weighted by atomic mass is 35.5. The Bertz CT molecular complexity index is 875. The van der Waals surface area contributed by atoms with E-state index in [-0.39, 0.29) is 11.7 Å². The van der Waals surface area contributed by atoms with Crippen molar-refractivity contribution in [2.45, 2.75) is 6.92 Å². The average molecular weight is 344 g/mol. The van der Waals surface area contributed by atoms with Crippen molar-refractivity contribution >= 4 is 23.3 Å². The molecule has 0 atom stereocenters. The molecule has 0 radical (unpaired) electrons. The van der Waals surface area contributed by atoms with E-state index in [0.717, 1.165) is 16.9 Å². The molecular formula is C17H14ClN3O3. The molecule has 0 bridgehead atoms. The molecule has 0 fully saturated rings. The first kappa shape index (κ1) is 16.0. The Morgan fingerprint density at radius 3 is 2.58 bits per heavy atom. The normalized spacial score (nSPS) is 10.5. The third-order valence-corrected chi connectivity index (χ3v) is 3.77. The summed E-state index contributed by atoms with van der Waals surface area (Å²) in [7, 11) is 1.60. The number of carbonyl (C=O) groups excluding carboxylic acids is 1. The number of rotatable bonds is 4. The minimum Gasteiger partial charge on any atom is -0.497 e. The molecule has 1 heterocycles. The molecule has 122 valence electrons. The Hall–Kier alpha value is -2.86. The quantitative estimate of drug-likeness (QED) is 0.775. The van der Waals surface area contributed by atoms with E-state index in [1.807, 2.05) is 25.1 Å². The Balaban J connectivity index is 1.88. The molecule has 2 aromatic carbocycles. The molecule has 0 spiro atoms. The molecule has 0 unspecified atom stereocenters. The number of anilines is 1. The lowest BCUT2D eigenvalue weighted by molar-refractivity contribution is 0.102. The molecule has 0 aliphatic heterocycles. The maximum absolute atomic E-state index is 12.3. The highest BCUT2D eigenvalue weighted by Gasteiger charge is 2.18. The van der Waals surface area contributed by atoms with Crippen LogP contribution in [0.5, 0.6) is 5.75 Å². The van der Waals surface area contributed by atoms with Crippen LogP contribution in [0.25, 0.3) is 11.3 Å². The zero-order valence-electron chi connectivity index (χ0n) is 13.0. The van der Waals surface area contributed by atoms with Crippen LogP contribution in [0, 0.1) is 6.92 Å². The van der Waals surface area contributed by atoms with Crippen LogP contribution in [0.3, 0.4) is 0 Å². The van der Waals surface area contributed by atoms with Crippen LogP contribution in [-0.4, -0.2) is 23.3 Å². The van der Waals surface area contributed by atoms with Gasteiger partial charge in [0, 0.05) is 16.1 Å². The van der Waals surface area contributed by atoms with E-state index in [4.69, 9.17) is 21.0 Å². The van der Waals surface area contributed by atoms with Crippen molar-refractivity contribution in [1.29, 1.82) is 0 Å². The number of nitrogens with one attached hydrogen (secondary N) is 1. The Labute approximate surface area is 143 Å². The van der Waals surface area contributed by atoms with Gasteiger partial charge in [-0.15, -0.1) is 0 Å². The topological polar surface area (TPSA) is 77.2 Å². The second kappa shape index (κ2) is 6.72. The molecule has 1 N–H and O–H groups in total. The summed E-state index contributed by atoms with van der Waals surface area (Å²) >= 11 is 5.83. The predicted octanol–water partition coefficient (Wildman–Crippen LogP) is 3.96. The summed E-state index contributed by atoms with van der Waals surface area (Å²) < 4.78 is 9.99. The fraction of sp³-hybridized carbons (Fsp3) is 0.118. The fourth-order valence-corrected chi connectivity index (χ4v) is 2.38. The third kappa shape index (κ3) is 3.23. The summed E-state index contributed by atoms with van der Waals surface area (Å²) in [6.45, 7) is 1.91. The SMILES string of the molecule is COc1ccc(-c2nonc2NC(=O)c2ccc(Cl)cc2)c(C)c1. The molecule has 1 amide bonds. The van der Waals surface area contributed by atoms with Gasteiger partial charge in [-0.25, -0.2) is 4.63 Å². The Kier molecular flexibility index (Phi) is 4.48. The van der Waals surface area contributed by atoms with Gasteiger partial charge in [-0.3, -0.25) is 4.79 Å². The van der Waals surface area contributed by atoms with Crippen LogP contribution < -0.4 is 10.1 Å². The number of hydrogen-bond donors (Lipinski definition) is 1. The number of methoxy groups -OCH3 is 1. The van der Waals surface area contributed by atoms with Crippen LogP contribution in [0.1, 0.15) is 15.9 Å². The lowest BCUT2D eigenvalue weighted by atomic mass is 10.1. The number of halogens is 1. The number of benzene rings is 2. The Morgan fingerprint density at radius 2 is 1.92 bits per heavy atom. The van der Waals surface area contributed by atoms with Crippen molar-refractivity contribution in [3.63, 3.8) is 0 Å². The molecule has 0 saturated heterocycles. The van der Waals surface area contributed by atoms with E-state index in [1.165, 1.54) is 0 Å². The Morgan fingerprint density at radius 1 is 1.17 bits per heavy atom. The zero-order valence-corrected chi connectivity index (χ0v) is 13.8. The van der Waals surface area contributed by atoms with Crippen molar-refractivity contribution in [3.05, 3.63) is 58.6 Å². The number of ether oxygens (including phenoxy) is 1. The molecule has 0 aliphatic carbocycles. The largest absolute Gasteiger partial charge is 0.497 e. The van der Waals surface area contributed by atoms with Gasteiger partial charge >= 0.3 is 0 Å². The summed E-state index contributed by atoms with van der Waals surface area (Å²) in [6, 6.07) is 12.1. The summed E-state index contributed by atoms with van der Waals surface area (Å²) in [6.07, 6.45) is 0. The number of carbonyl (C=O) groups is 1. The lowest BCUT2D eigenvalue weighted by Gasteiger charge is -2.07. The minimum absolute atomic E-state index is 0.253. The molecular weight excluding hydrogens is 330 g/mol. The molecule has 24 heavy (non-hydrogen) atoms. The van der Waals surface area contributed by atoms with Gasteiger partial charge in [0.05, 0.1) is 7.11 Å². The highest BCUT2D eigenvalue weighted by Crippen LogP contribution is 2.30. The second-order valence-electron chi connectivity index (χ2n) is 5.10. The molecule has 7 heteroatoms. The van der Waals surface area contributed by atoms with Gasteiger partial charge in [-0.2, -0.15) is 0 Å².